The van der Waals surface area contributed by atoms with Gasteiger partial charge in [-0.3, -0.25) is 14.4 Å². The van der Waals surface area contributed by atoms with Crippen molar-refractivity contribution >= 4 is 35.2 Å². The molecular weight excluding hydrogens is 474 g/mol. The standard InChI is InChI=1S/C28H35N3O4S/c1-6-19(16-32)31-23-26(35)30(20-15-17(2)9-10-18(20)3)14-8-12-28(23)22(25(31)34)21-24(33)29(5)13-7-11-27(21,4)36-28/h7-12,15,19,21-23,32H,6,13-14,16H2,1-5H3/t19-,21+,22-,23?,27-,28-/m0/s1. The number of likely N-dealkylation sites (N-methyl/N-ethyl adjacent to an activating group) is 1. The number of carbonyl (C=O) groups is 3. The van der Waals surface area contributed by atoms with Crippen LogP contribution in [0.2, 0.25) is 0 Å². The number of amides is 3. The fraction of sp³-hybridized carbons (Fsp3) is 0.536. The minimum atomic E-state index is -0.902. The number of fused-ring (bicyclic) bond motifs is 2. The van der Waals surface area contributed by atoms with Crippen LogP contribution >= 0.6 is 11.8 Å². The van der Waals surface area contributed by atoms with Crippen LogP contribution in [0.3, 0.4) is 0 Å². The van der Waals surface area contributed by atoms with Gasteiger partial charge in [-0.2, -0.15) is 0 Å². The van der Waals surface area contributed by atoms with Gasteiger partial charge >= 0.3 is 0 Å². The Morgan fingerprint density at radius 2 is 1.78 bits per heavy atom. The van der Waals surface area contributed by atoms with Crippen molar-refractivity contribution in [3.8, 4) is 0 Å². The Labute approximate surface area is 217 Å². The van der Waals surface area contributed by atoms with E-state index in [1.54, 1.807) is 33.5 Å². The van der Waals surface area contributed by atoms with Crippen molar-refractivity contribution < 1.29 is 19.5 Å². The van der Waals surface area contributed by atoms with Gasteiger partial charge in [0.25, 0.3) is 5.91 Å². The molecule has 4 aliphatic heterocycles. The average molecular weight is 510 g/mol. The Hall–Kier alpha value is -2.58. The predicted molar refractivity (Wildman–Crippen MR) is 142 cm³/mol. The van der Waals surface area contributed by atoms with Gasteiger partial charge in [0, 0.05) is 30.6 Å². The molecule has 4 heterocycles. The van der Waals surface area contributed by atoms with Gasteiger partial charge in [0.2, 0.25) is 11.8 Å². The average Bonchev–Trinajstić information content (AvgIpc) is 3.12. The third-order valence-electron chi connectivity index (χ3n) is 8.43. The van der Waals surface area contributed by atoms with Crippen LogP contribution in [-0.4, -0.2) is 80.9 Å². The van der Waals surface area contributed by atoms with Crippen molar-refractivity contribution in [2.45, 2.75) is 55.7 Å². The molecule has 1 unspecified atom stereocenters. The number of anilines is 1. The number of hydrogen-bond acceptors (Lipinski definition) is 5. The summed E-state index contributed by atoms with van der Waals surface area (Å²) in [4.78, 5) is 47.6. The molecular formula is C28H35N3O4S. The summed E-state index contributed by atoms with van der Waals surface area (Å²) in [5.41, 5.74) is 2.86. The van der Waals surface area contributed by atoms with Crippen LogP contribution < -0.4 is 4.90 Å². The lowest BCUT2D eigenvalue weighted by molar-refractivity contribution is -0.144. The van der Waals surface area contributed by atoms with E-state index in [4.69, 9.17) is 0 Å². The van der Waals surface area contributed by atoms with Crippen LogP contribution in [0, 0.1) is 25.7 Å². The summed E-state index contributed by atoms with van der Waals surface area (Å²) in [6, 6.07) is 4.73. The number of aryl methyl sites for hydroxylation is 2. The fourth-order valence-electron chi connectivity index (χ4n) is 6.62. The molecule has 0 radical (unpaired) electrons. The van der Waals surface area contributed by atoms with Crippen molar-refractivity contribution in [1.29, 1.82) is 0 Å². The molecule has 7 nitrogen and oxygen atoms in total. The maximum atomic E-state index is 14.5. The van der Waals surface area contributed by atoms with E-state index in [-0.39, 0.29) is 24.3 Å². The van der Waals surface area contributed by atoms with E-state index in [1.165, 1.54) is 0 Å². The van der Waals surface area contributed by atoms with E-state index < -0.39 is 33.4 Å². The van der Waals surface area contributed by atoms with Crippen LogP contribution in [-0.2, 0) is 14.4 Å². The monoisotopic (exact) mass is 509 g/mol. The van der Waals surface area contributed by atoms with E-state index >= 15 is 0 Å². The maximum absolute atomic E-state index is 14.5. The van der Waals surface area contributed by atoms with Gasteiger partial charge in [0.15, 0.2) is 0 Å². The van der Waals surface area contributed by atoms with Crippen LogP contribution in [0.1, 0.15) is 31.4 Å². The van der Waals surface area contributed by atoms with E-state index in [9.17, 15) is 19.5 Å². The number of likely N-dealkylation sites (tertiary alicyclic amines) is 1. The molecule has 1 spiro atoms. The van der Waals surface area contributed by atoms with Gasteiger partial charge in [0.1, 0.15) is 6.04 Å². The van der Waals surface area contributed by atoms with Crippen molar-refractivity contribution in [2.24, 2.45) is 11.8 Å². The quantitative estimate of drug-likeness (QED) is 0.632. The molecule has 1 aromatic rings. The Morgan fingerprint density at radius 1 is 1.06 bits per heavy atom. The number of rotatable bonds is 4. The van der Waals surface area contributed by atoms with Gasteiger partial charge in [-0.15, -0.1) is 11.8 Å². The fourth-order valence-corrected chi connectivity index (χ4v) is 8.76. The van der Waals surface area contributed by atoms with E-state index in [1.807, 2.05) is 64.1 Å². The second-order valence-corrected chi connectivity index (χ2v) is 12.5. The molecule has 0 saturated carbocycles. The number of aliphatic hydroxyl groups is 1. The summed E-state index contributed by atoms with van der Waals surface area (Å²) in [5, 5.41) is 10.3. The first kappa shape index (κ1) is 25.1. The van der Waals surface area contributed by atoms with E-state index in [0.29, 0.717) is 19.5 Å². The highest BCUT2D eigenvalue weighted by atomic mass is 32.2. The Bertz CT molecular complexity index is 1180. The number of benzene rings is 1. The molecule has 2 fully saturated rings. The first-order chi connectivity index (χ1) is 17.1. The van der Waals surface area contributed by atoms with Gasteiger partial charge in [-0.05, 0) is 44.4 Å². The zero-order valence-corrected chi connectivity index (χ0v) is 22.4. The molecule has 0 aliphatic carbocycles. The van der Waals surface area contributed by atoms with Gasteiger partial charge in [-0.1, -0.05) is 43.4 Å². The van der Waals surface area contributed by atoms with Gasteiger partial charge in [-0.25, -0.2) is 0 Å². The second-order valence-electron chi connectivity index (χ2n) is 10.7. The Morgan fingerprint density at radius 3 is 2.47 bits per heavy atom. The summed E-state index contributed by atoms with van der Waals surface area (Å²) in [7, 11) is 1.77. The summed E-state index contributed by atoms with van der Waals surface area (Å²) < 4.78 is -1.52. The molecule has 36 heavy (non-hydrogen) atoms. The predicted octanol–water partition coefficient (Wildman–Crippen LogP) is 2.69. The third kappa shape index (κ3) is 3.40. The number of nitrogens with zero attached hydrogens (tertiary/aromatic N) is 3. The van der Waals surface area contributed by atoms with Crippen LogP contribution in [0.25, 0.3) is 0 Å². The molecule has 4 aliphatic rings. The van der Waals surface area contributed by atoms with Crippen LogP contribution in [0.4, 0.5) is 5.69 Å². The zero-order chi connectivity index (χ0) is 26.0. The van der Waals surface area contributed by atoms with E-state index in [0.717, 1.165) is 16.8 Å². The van der Waals surface area contributed by atoms with Crippen LogP contribution in [0.15, 0.2) is 42.5 Å². The first-order valence-corrected chi connectivity index (χ1v) is 13.5. The SMILES string of the molecule is CC[C@@H](CO)N1C(=O)[C@@H]2[C@@H]3C(=O)N(C)CC=C[C@]3(C)S[C@@]23C=CCN(c2cc(C)ccc2C)C(=O)C13. The molecule has 0 aromatic heterocycles. The molecule has 5 rings (SSSR count). The summed E-state index contributed by atoms with van der Waals surface area (Å²) >= 11 is 1.57. The molecule has 192 valence electrons. The van der Waals surface area contributed by atoms with Gasteiger partial charge < -0.3 is 19.8 Å². The molecule has 3 amide bonds. The smallest absolute Gasteiger partial charge is 0.251 e. The lowest BCUT2D eigenvalue weighted by Crippen LogP contribution is -2.57. The minimum absolute atomic E-state index is 0.0700. The minimum Gasteiger partial charge on any atom is -0.394 e. The number of hydrogen-bond donors (Lipinski definition) is 1. The lowest BCUT2D eigenvalue weighted by Gasteiger charge is -2.39. The molecule has 0 bridgehead atoms. The second kappa shape index (κ2) is 8.77. The first-order valence-electron chi connectivity index (χ1n) is 12.7. The molecule has 1 aromatic carbocycles. The highest BCUT2D eigenvalue weighted by molar-refractivity contribution is 8.02. The number of thioether (sulfide) groups is 1. The largest absolute Gasteiger partial charge is 0.394 e. The summed E-state index contributed by atoms with van der Waals surface area (Å²) in [6.45, 7) is 8.57. The molecule has 2 saturated heterocycles. The highest BCUT2D eigenvalue weighted by Gasteiger charge is 2.74. The van der Waals surface area contributed by atoms with Crippen molar-refractivity contribution in [3.63, 3.8) is 0 Å². The van der Waals surface area contributed by atoms with Crippen LogP contribution in [0.5, 0.6) is 0 Å². The Kier molecular flexibility index (Phi) is 6.11. The zero-order valence-electron chi connectivity index (χ0n) is 21.6. The molecule has 6 atom stereocenters. The molecule has 8 heteroatoms. The number of aliphatic hydroxyl groups excluding tert-OH is 1. The topological polar surface area (TPSA) is 81.2 Å². The van der Waals surface area contributed by atoms with Gasteiger partial charge in [0.05, 0.1) is 29.2 Å². The van der Waals surface area contributed by atoms with Crippen molar-refractivity contribution in [2.75, 3.05) is 31.6 Å². The lowest BCUT2D eigenvalue weighted by atomic mass is 9.74. The van der Waals surface area contributed by atoms with Crippen molar-refractivity contribution in [3.05, 3.63) is 53.6 Å². The van der Waals surface area contributed by atoms with Crippen molar-refractivity contribution in [1.82, 2.24) is 9.80 Å². The number of carbonyl (C=O) groups excluding carboxylic acids is 3. The third-order valence-corrected chi connectivity index (χ3v) is 10.2. The summed E-state index contributed by atoms with van der Waals surface area (Å²) in [5.74, 6) is -1.71. The van der Waals surface area contributed by atoms with E-state index in [2.05, 4.69) is 6.08 Å². The molecule has 1 N–H and O–H groups in total. The summed E-state index contributed by atoms with van der Waals surface area (Å²) in [6.07, 6.45) is 8.58. The highest BCUT2D eigenvalue weighted by Crippen LogP contribution is 2.65. The maximum Gasteiger partial charge on any atom is 0.251 e. The Balaban J connectivity index is 1.70. The normalized spacial score (nSPS) is 34.4.